The first-order valence-corrected chi connectivity index (χ1v) is 12.7. The number of hydrogen-bond donors (Lipinski definition) is 2. The Balaban J connectivity index is 1.48. The molecule has 3 aliphatic rings. The highest BCUT2D eigenvalue weighted by Gasteiger charge is 2.52. The van der Waals surface area contributed by atoms with Gasteiger partial charge in [0.25, 0.3) is 0 Å². The fourth-order valence-corrected chi connectivity index (χ4v) is 5.98. The van der Waals surface area contributed by atoms with Gasteiger partial charge in [0.15, 0.2) is 5.78 Å². The second kappa shape index (κ2) is 9.56. The molecule has 4 rings (SSSR count). The van der Waals surface area contributed by atoms with Crippen molar-refractivity contribution in [2.24, 2.45) is 5.92 Å². The number of halogens is 1. The van der Waals surface area contributed by atoms with E-state index in [0.29, 0.717) is 24.6 Å². The first-order chi connectivity index (χ1) is 16.0. The minimum absolute atomic E-state index is 0.0840. The molecule has 0 saturated carbocycles. The summed E-state index contributed by atoms with van der Waals surface area (Å²) in [4.78, 5) is 16.5. The van der Waals surface area contributed by atoms with Gasteiger partial charge in [-0.3, -0.25) is 9.69 Å². The van der Waals surface area contributed by atoms with Gasteiger partial charge in [-0.15, -0.1) is 0 Å². The van der Waals surface area contributed by atoms with Crippen molar-refractivity contribution in [1.82, 2.24) is 15.1 Å². The molecule has 5 nitrogen and oxygen atoms in total. The summed E-state index contributed by atoms with van der Waals surface area (Å²) in [6.45, 7) is 12.4. The van der Waals surface area contributed by atoms with E-state index in [9.17, 15) is 14.3 Å². The Morgan fingerprint density at radius 1 is 1.26 bits per heavy atom. The summed E-state index contributed by atoms with van der Waals surface area (Å²) in [6.07, 6.45) is 8.62. The number of carbonyl (C=O) groups excluding carboxylic acids is 1. The normalized spacial score (nSPS) is 24.8. The van der Waals surface area contributed by atoms with Crippen molar-refractivity contribution in [3.05, 3.63) is 59.1 Å². The maximum Gasteiger partial charge on any atom is 0.175 e. The number of piperidine rings is 1. The van der Waals surface area contributed by atoms with Crippen molar-refractivity contribution in [3.8, 4) is 0 Å². The van der Waals surface area contributed by atoms with Crippen LogP contribution in [0, 0.1) is 11.7 Å². The molecule has 2 N–H and O–H groups in total. The lowest BCUT2D eigenvalue weighted by molar-refractivity contribution is -0.116. The molecule has 3 aliphatic heterocycles. The van der Waals surface area contributed by atoms with Crippen LogP contribution in [0.15, 0.2) is 42.1 Å². The van der Waals surface area contributed by atoms with Crippen LogP contribution in [0.5, 0.6) is 0 Å². The number of piperazine rings is 1. The Bertz CT molecular complexity index is 976. The number of ketones is 1. The molecule has 2 unspecified atom stereocenters. The number of fused-ring (bicyclic) bond motifs is 2. The molecular weight excluding hydrogens is 429 g/mol. The Morgan fingerprint density at radius 3 is 2.59 bits per heavy atom. The monoisotopic (exact) mass is 469 g/mol. The van der Waals surface area contributed by atoms with Crippen LogP contribution < -0.4 is 5.32 Å². The number of nitrogens with zero attached hydrogens (tertiary/aromatic N) is 2. The second-order valence-corrected chi connectivity index (χ2v) is 11.4. The number of hydrogen-bond acceptors (Lipinski definition) is 5. The molecule has 0 bridgehead atoms. The van der Waals surface area contributed by atoms with Gasteiger partial charge in [-0.25, -0.2) is 4.39 Å². The van der Waals surface area contributed by atoms with Crippen molar-refractivity contribution in [2.75, 3.05) is 19.6 Å². The zero-order valence-corrected chi connectivity index (χ0v) is 21.3. The van der Waals surface area contributed by atoms with Gasteiger partial charge in [-0.2, -0.15) is 0 Å². The third-order valence-corrected chi connectivity index (χ3v) is 7.66. The van der Waals surface area contributed by atoms with Crippen LogP contribution in [0.4, 0.5) is 4.39 Å². The number of allylic oxidation sites excluding steroid dienone is 3. The summed E-state index contributed by atoms with van der Waals surface area (Å²) in [5, 5.41) is 15.0. The van der Waals surface area contributed by atoms with Crippen LogP contribution in [0.25, 0.3) is 0 Å². The van der Waals surface area contributed by atoms with Crippen molar-refractivity contribution < 1.29 is 14.3 Å². The van der Waals surface area contributed by atoms with Crippen LogP contribution in [0.1, 0.15) is 71.2 Å². The summed E-state index contributed by atoms with van der Waals surface area (Å²) in [6, 6.07) is 5.36. The maximum atomic E-state index is 14.9. The fraction of sp³-hybridized carbons (Fsp3) is 0.607. The number of aliphatic hydroxyl groups excluding tert-OH is 1. The lowest BCUT2D eigenvalue weighted by atomic mass is 9.73. The molecule has 0 radical (unpaired) electrons. The van der Waals surface area contributed by atoms with Gasteiger partial charge in [-0.05, 0) is 63.2 Å². The molecule has 1 spiro atoms. The predicted molar refractivity (Wildman–Crippen MR) is 134 cm³/mol. The highest BCUT2D eigenvalue weighted by molar-refractivity contribution is 5.93. The molecule has 2 saturated heterocycles. The summed E-state index contributed by atoms with van der Waals surface area (Å²) in [5.41, 5.74) is 1.73. The molecule has 0 aliphatic carbocycles. The average Bonchev–Trinajstić information content (AvgIpc) is 2.76. The minimum atomic E-state index is -0.959. The van der Waals surface area contributed by atoms with Gasteiger partial charge in [-0.1, -0.05) is 38.1 Å². The number of aryl methyl sites for hydroxylation is 1. The summed E-state index contributed by atoms with van der Waals surface area (Å²) in [5.74, 6) is 0.329. The number of Topliss-reactive ketones (excluding diaryl/α,β-unsaturated/α-hetero) is 1. The third kappa shape index (κ3) is 5.00. The van der Waals surface area contributed by atoms with Crippen LogP contribution >= 0.6 is 0 Å². The Kier molecular flexibility index (Phi) is 7.05. The number of likely N-dealkylation sites (tertiary alicyclic amines) is 1. The van der Waals surface area contributed by atoms with Gasteiger partial charge >= 0.3 is 0 Å². The number of nitrogens with one attached hydrogen (secondary N) is 1. The summed E-state index contributed by atoms with van der Waals surface area (Å²) < 4.78 is 14.9. The van der Waals surface area contributed by atoms with Crippen LogP contribution in [-0.2, 0) is 11.2 Å². The molecule has 0 amide bonds. The molecular formula is C28H40FN3O2. The van der Waals surface area contributed by atoms with E-state index in [-0.39, 0.29) is 28.7 Å². The first kappa shape index (κ1) is 25.1. The minimum Gasteiger partial charge on any atom is -0.374 e. The molecule has 1 aromatic carbocycles. The summed E-state index contributed by atoms with van der Waals surface area (Å²) in [7, 11) is 0. The number of rotatable bonds is 6. The van der Waals surface area contributed by atoms with Gasteiger partial charge in [0.1, 0.15) is 12.0 Å². The van der Waals surface area contributed by atoms with Crippen molar-refractivity contribution in [3.63, 3.8) is 0 Å². The van der Waals surface area contributed by atoms with E-state index >= 15 is 0 Å². The smallest absolute Gasteiger partial charge is 0.175 e. The molecule has 2 fully saturated rings. The van der Waals surface area contributed by atoms with Crippen molar-refractivity contribution in [1.29, 1.82) is 0 Å². The Labute approximate surface area is 203 Å². The molecule has 1 aromatic rings. The predicted octanol–water partition coefficient (Wildman–Crippen LogP) is 4.33. The lowest BCUT2D eigenvalue weighted by Crippen LogP contribution is -2.75. The van der Waals surface area contributed by atoms with Crippen LogP contribution in [0.3, 0.4) is 0 Å². The zero-order valence-electron chi connectivity index (χ0n) is 21.3. The molecule has 0 aromatic heterocycles. The van der Waals surface area contributed by atoms with Gasteiger partial charge < -0.3 is 15.3 Å². The zero-order chi connectivity index (χ0) is 24.7. The molecule has 186 valence electrons. The topological polar surface area (TPSA) is 55.8 Å². The van der Waals surface area contributed by atoms with Gasteiger partial charge in [0.05, 0.1) is 11.7 Å². The number of benzene rings is 1. The number of carbonyl (C=O) groups is 1. The van der Waals surface area contributed by atoms with E-state index in [1.165, 1.54) is 0 Å². The van der Waals surface area contributed by atoms with Crippen molar-refractivity contribution >= 4 is 5.78 Å². The molecule has 3 heterocycles. The largest absolute Gasteiger partial charge is 0.374 e. The van der Waals surface area contributed by atoms with Crippen molar-refractivity contribution in [2.45, 2.75) is 83.6 Å². The fourth-order valence-electron chi connectivity index (χ4n) is 5.98. The lowest BCUT2D eigenvalue weighted by Gasteiger charge is -2.59. The second-order valence-electron chi connectivity index (χ2n) is 11.4. The van der Waals surface area contributed by atoms with E-state index < -0.39 is 6.23 Å². The molecule has 34 heavy (non-hydrogen) atoms. The van der Waals surface area contributed by atoms with Crippen LogP contribution in [0.2, 0.25) is 0 Å². The first-order valence-electron chi connectivity index (χ1n) is 12.7. The Hall–Kier alpha value is -2.02. The molecule has 2 atom stereocenters. The SMILES string of the molecule is CC(=O)C1=CC=CC2N1CC(C)(C)NC21CCN(C(O)c2ccc(CCC(C)C)cc2F)CC1. The molecule has 6 heteroatoms. The maximum absolute atomic E-state index is 14.9. The van der Waals surface area contributed by atoms with E-state index in [2.05, 4.69) is 44.0 Å². The van der Waals surface area contributed by atoms with E-state index in [4.69, 9.17) is 0 Å². The van der Waals surface area contributed by atoms with Gasteiger partial charge in [0, 0.05) is 43.2 Å². The van der Waals surface area contributed by atoms with E-state index in [0.717, 1.165) is 43.5 Å². The average molecular weight is 470 g/mol. The number of aliphatic hydroxyl groups is 1. The third-order valence-electron chi connectivity index (χ3n) is 7.66. The highest BCUT2D eigenvalue weighted by Crippen LogP contribution is 2.40. The van der Waals surface area contributed by atoms with E-state index in [1.807, 2.05) is 23.1 Å². The van der Waals surface area contributed by atoms with Gasteiger partial charge in [0.2, 0.25) is 0 Å². The van der Waals surface area contributed by atoms with Crippen LogP contribution in [-0.4, -0.2) is 57.4 Å². The summed E-state index contributed by atoms with van der Waals surface area (Å²) >= 11 is 0. The highest BCUT2D eigenvalue weighted by atomic mass is 19.1. The van der Waals surface area contributed by atoms with E-state index in [1.54, 1.807) is 19.1 Å². The quantitative estimate of drug-likeness (QED) is 0.649. The Morgan fingerprint density at radius 2 is 1.97 bits per heavy atom. The standard InChI is InChI=1S/C28H40FN3O2/c1-19(2)9-10-21-11-12-22(23(29)17-21)26(34)31-15-13-28(14-16-31)25-8-6-7-24(20(3)33)32(25)18-27(4,5)30-28/h6-8,11-12,17,19,25-26,30,34H,9-10,13-16,18H2,1-5H3.